The van der Waals surface area contributed by atoms with Gasteiger partial charge in [0.05, 0.1) is 13.7 Å². The SMILES string of the molecule is COc1cccc(C(=O)NCCNC(=O)NCc2ccc(COCC(F)(F)F)cc2)c1. The topological polar surface area (TPSA) is 88.7 Å². The molecular formula is C21H24F3N3O4. The lowest BCUT2D eigenvalue weighted by atomic mass is 10.1. The Morgan fingerprint density at radius 1 is 0.935 bits per heavy atom. The van der Waals surface area contributed by atoms with E-state index in [2.05, 4.69) is 20.7 Å². The van der Waals surface area contributed by atoms with Crippen molar-refractivity contribution in [1.29, 1.82) is 0 Å². The van der Waals surface area contributed by atoms with Crippen LogP contribution in [0.4, 0.5) is 18.0 Å². The zero-order chi connectivity index (χ0) is 22.7. The molecule has 0 saturated carbocycles. The average molecular weight is 439 g/mol. The number of nitrogens with one attached hydrogen (secondary N) is 3. The van der Waals surface area contributed by atoms with Gasteiger partial charge in [-0.25, -0.2) is 4.79 Å². The molecular weight excluding hydrogens is 415 g/mol. The van der Waals surface area contributed by atoms with Crippen LogP contribution in [0.2, 0.25) is 0 Å². The number of hydrogen-bond donors (Lipinski definition) is 3. The molecule has 0 saturated heterocycles. The van der Waals surface area contributed by atoms with Gasteiger partial charge in [-0.3, -0.25) is 4.79 Å². The molecule has 0 heterocycles. The lowest BCUT2D eigenvalue weighted by Gasteiger charge is -2.10. The fourth-order valence-corrected chi connectivity index (χ4v) is 2.50. The van der Waals surface area contributed by atoms with Crippen molar-refractivity contribution in [3.05, 3.63) is 65.2 Å². The molecule has 0 radical (unpaired) electrons. The van der Waals surface area contributed by atoms with Gasteiger partial charge in [0.25, 0.3) is 5.91 Å². The highest BCUT2D eigenvalue weighted by Gasteiger charge is 2.27. The van der Waals surface area contributed by atoms with E-state index in [1.54, 1.807) is 48.5 Å². The van der Waals surface area contributed by atoms with Crippen LogP contribution in [-0.2, 0) is 17.9 Å². The molecule has 0 fully saturated rings. The zero-order valence-electron chi connectivity index (χ0n) is 16.9. The molecule has 168 valence electrons. The van der Waals surface area contributed by atoms with E-state index < -0.39 is 18.8 Å². The number of halogens is 3. The van der Waals surface area contributed by atoms with E-state index in [-0.39, 0.29) is 32.1 Å². The summed E-state index contributed by atoms with van der Waals surface area (Å²) in [6.07, 6.45) is -4.35. The van der Waals surface area contributed by atoms with Crippen LogP contribution in [0.3, 0.4) is 0 Å². The van der Waals surface area contributed by atoms with Crippen molar-refractivity contribution in [2.75, 3.05) is 26.8 Å². The Labute approximate surface area is 177 Å². The standard InChI is InChI=1S/C21H24F3N3O4/c1-30-18-4-2-3-17(11-18)19(28)25-9-10-26-20(29)27-12-15-5-7-16(8-6-15)13-31-14-21(22,23)24/h2-8,11H,9-10,12-14H2,1H3,(H,25,28)(H2,26,27,29). The minimum atomic E-state index is -4.35. The molecule has 2 aromatic rings. The first-order chi connectivity index (χ1) is 14.8. The van der Waals surface area contributed by atoms with Crippen molar-refractivity contribution in [2.45, 2.75) is 19.3 Å². The Hall–Kier alpha value is -3.27. The van der Waals surface area contributed by atoms with Crippen LogP contribution in [0.15, 0.2) is 48.5 Å². The Morgan fingerprint density at radius 3 is 2.29 bits per heavy atom. The van der Waals surface area contributed by atoms with E-state index in [4.69, 9.17) is 4.74 Å². The molecule has 0 aliphatic heterocycles. The largest absolute Gasteiger partial charge is 0.497 e. The van der Waals surface area contributed by atoms with E-state index in [0.29, 0.717) is 16.9 Å². The maximum Gasteiger partial charge on any atom is 0.411 e. The van der Waals surface area contributed by atoms with Crippen molar-refractivity contribution < 1.29 is 32.2 Å². The van der Waals surface area contributed by atoms with Gasteiger partial charge in [0.15, 0.2) is 0 Å². The fraction of sp³-hybridized carbons (Fsp3) is 0.333. The second-order valence-corrected chi connectivity index (χ2v) is 6.52. The number of carbonyl (C=O) groups excluding carboxylic acids is 2. The van der Waals surface area contributed by atoms with Gasteiger partial charge < -0.3 is 25.4 Å². The Bertz CT molecular complexity index is 858. The highest BCUT2D eigenvalue weighted by molar-refractivity contribution is 5.94. The molecule has 10 heteroatoms. The van der Waals surface area contributed by atoms with Gasteiger partial charge >= 0.3 is 12.2 Å². The van der Waals surface area contributed by atoms with Gasteiger partial charge in [0.1, 0.15) is 12.4 Å². The summed E-state index contributed by atoms with van der Waals surface area (Å²) in [6, 6.07) is 13.0. The van der Waals surface area contributed by atoms with E-state index in [1.807, 2.05) is 0 Å². The van der Waals surface area contributed by atoms with Crippen molar-refractivity contribution in [2.24, 2.45) is 0 Å². The van der Waals surface area contributed by atoms with Crippen LogP contribution in [0.1, 0.15) is 21.5 Å². The Balaban J connectivity index is 1.62. The monoisotopic (exact) mass is 439 g/mol. The van der Waals surface area contributed by atoms with Crippen LogP contribution >= 0.6 is 0 Å². The molecule has 0 aliphatic rings. The number of ether oxygens (including phenoxy) is 2. The highest BCUT2D eigenvalue weighted by Crippen LogP contribution is 2.16. The molecule has 0 unspecified atom stereocenters. The maximum absolute atomic E-state index is 12.1. The van der Waals surface area contributed by atoms with Crippen LogP contribution in [0.25, 0.3) is 0 Å². The molecule has 0 bridgehead atoms. The molecule has 3 amide bonds. The van der Waals surface area contributed by atoms with Gasteiger partial charge in [-0.1, -0.05) is 30.3 Å². The first-order valence-electron chi connectivity index (χ1n) is 9.43. The second-order valence-electron chi connectivity index (χ2n) is 6.52. The number of urea groups is 1. The van der Waals surface area contributed by atoms with E-state index >= 15 is 0 Å². The molecule has 3 N–H and O–H groups in total. The number of hydrogen-bond acceptors (Lipinski definition) is 4. The molecule has 31 heavy (non-hydrogen) atoms. The maximum atomic E-state index is 12.1. The van der Waals surface area contributed by atoms with Crippen molar-refractivity contribution >= 4 is 11.9 Å². The van der Waals surface area contributed by atoms with E-state index in [0.717, 1.165) is 5.56 Å². The summed E-state index contributed by atoms with van der Waals surface area (Å²) in [7, 11) is 1.51. The third-order valence-electron chi connectivity index (χ3n) is 4.04. The first kappa shape index (κ1) is 24.0. The average Bonchev–Trinajstić information content (AvgIpc) is 2.75. The van der Waals surface area contributed by atoms with Gasteiger partial charge in [-0.2, -0.15) is 13.2 Å². The van der Waals surface area contributed by atoms with Crippen molar-refractivity contribution in [1.82, 2.24) is 16.0 Å². The Kier molecular flexibility index (Phi) is 9.13. The molecule has 2 rings (SSSR count). The summed E-state index contributed by atoms with van der Waals surface area (Å²) in [5, 5.41) is 7.97. The molecule has 0 spiro atoms. The predicted octanol–water partition coefficient (Wildman–Crippen LogP) is 3.00. The molecule has 0 aromatic heterocycles. The summed E-state index contributed by atoms with van der Waals surface area (Å²) < 4.78 is 45.8. The summed E-state index contributed by atoms with van der Waals surface area (Å²) in [5.41, 5.74) is 1.83. The number of rotatable bonds is 10. The molecule has 7 nitrogen and oxygen atoms in total. The van der Waals surface area contributed by atoms with E-state index in [9.17, 15) is 22.8 Å². The lowest BCUT2D eigenvalue weighted by molar-refractivity contribution is -0.176. The quantitative estimate of drug-likeness (QED) is 0.497. The van der Waals surface area contributed by atoms with Crippen LogP contribution < -0.4 is 20.7 Å². The number of benzene rings is 2. The van der Waals surface area contributed by atoms with Gasteiger partial charge in [0, 0.05) is 25.2 Å². The van der Waals surface area contributed by atoms with Crippen LogP contribution in [0, 0.1) is 0 Å². The number of methoxy groups -OCH3 is 1. The molecule has 0 aliphatic carbocycles. The second kappa shape index (κ2) is 11.8. The van der Waals surface area contributed by atoms with Crippen molar-refractivity contribution in [3.63, 3.8) is 0 Å². The molecule has 0 atom stereocenters. The highest BCUT2D eigenvalue weighted by atomic mass is 19.4. The minimum absolute atomic E-state index is 0.144. The van der Waals surface area contributed by atoms with Crippen molar-refractivity contribution in [3.8, 4) is 5.75 Å². The number of alkyl halides is 3. The fourth-order valence-electron chi connectivity index (χ4n) is 2.50. The summed E-state index contributed by atoms with van der Waals surface area (Å²) in [5.74, 6) is 0.299. The third-order valence-corrected chi connectivity index (χ3v) is 4.04. The number of amides is 3. The zero-order valence-corrected chi connectivity index (χ0v) is 16.9. The van der Waals surface area contributed by atoms with Gasteiger partial charge in [-0.15, -0.1) is 0 Å². The summed E-state index contributed by atoms with van der Waals surface area (Å²) >= 11 is 0. The normalized spacial score (nSPS) is 11.0. The first-order valence-corrected chi connectivity index (χ1v) is 9.43. The summed E-state index contributed by atoms with van der Waals surface area (Å²) in [6.45, 7) is -0.718. The third kappa shape index (κ3) is 9.39. The smallest absolute Gasteiger partial charge is 0.411 e. The van der Waals surface area contributed by atoms with Crippen LogP contribution in [0.5, 0.6) is 5.75 Å². The molecule has 2 aromatic carbocycles. The number of carbonyl (C=O) groups is 2. The summed E-state index contributed by atoms with van der Waals surface area (Å²) in [4.78, 5) is 23.9. The van der Waals surface area contributed by atoms with E-state index in [1.165, 1.54) is 7.11 Å². The van der Waals surface area contributed by atoms with Gasteiger partial charge in [-0.05, 0) is 29.3 Å². The Morgan fingerprint density at radius 2 is 1.61 bits per heavy atom. The lowest BCUT2D eigenvalue weighted by Crippen LogP contribution is -2.40. The predicted molar refractivity (Wildman–Crippen MR) is 108 cm³/mol. The van der Waals surface area contributed by atoms with Gasteiger partial charge in [0.2, 0.25) is 0 Å². The van der Waals surface area contributed by atoms with Crippen LogP contribution in [-0.4, -0.2) is 44.9 Å². The minimum Gasteiger partial charge on any atom is -0.497 e.